The molecule has 0 unspecified atom stereocenters. The average Bonchev–Trinajstić information content (AvgIpc) is 1.60. The Bertz CT molecular complexity index is 160. The van der Waals surface area contributed by atoms with E-state index in [0.29, 0.717) is 0 Å². The number of hydrogen-bond donors (Lipinski definition) is 1. The second-order valence-corrected chi connectivity index (χ2v) is 3.32. The van der Waals surface area contributed by atoms with Crippen LogP contribution in [0.25, 0.3) is 0 Å². The highest BCUT2D eigenvalue weighted by atomic mass is 35.5. The van der Waals surface area contributed by atoms with E-state index in [2.05, 4.69) is 0 Å². The van der Waals surface area contributed by atoms with Crippen molar-refractivity contribution in [3.8, 4) is 0 Å². The molecular formula is C6H10ClNO2. The molecule has 0 heterocycles. The Balaban J connectivity index is 3.99. The Morgan fingerprint density at radius 2 is 1.70 bits per heavy atom. The average molecular weight is 164 g/mol. The molecule has 0 saturated carbocycles. The molecular weight excluding hydrogens is 154 g/mol. The lowest BCUT2D eigenvalue weighted by atomic mass is 9.96. The maximum atomic E-state index is 10.9. The van der Waals surface area contributed by atoms with Crippen molar-refractivity contribution in [3.63, 3.8) is 0 Å². The van der Waals surface area contributed by atoms with E-state index in [4.69, 9.17) is 11.6 Å². The summed E-state index contributed by atoms with van der Waals surface area (Å²) in [6, 6.07) is 0. The van der Waals surface area contributed by atoms with E-state index >= 15 is 0 Å². The fourth-order valence-corrected chi connectivity index (χ4v) is 0.363. The lowest BCUT2D eigenvalue weighted by Gasteiger charge is -2.14. The molecule has 0 bridgehead atoms. The molecule has 2 amide bonds. The number of halogens is 1. The van der Waals surface area contributed by atoms with Crippen LogP contribution in [0.15, 0.2) is 0 Å². The van der Waals surface area contributed by atoms with Crippen LogP contribution in [0, 0.1) is 5.41 Å². The smallest absolute Gasteiger partial charge is 0.282 e. The summed E-state index contributed by atoms with van der Waals surface area (Å²) in [6.07, 6.45) is 0. The first-order valence-electron chi connectivity index (χ1n) is 2.85. The third-order valence-corrected chi connectivity index (χ3v) is 0.987. The molecule has 0 aromatic carbocycles. The van der Waals surface area contributed by atoms with Crippen molar-refractivity contribution >= 4 is 22.9 Å². The standard InChI is InChI=1S/C6H10ClNO2/c1-6(2,3)4(9)8-5(7)10/h1-3H3,(H,8,9,10). The zero-order valence-corrected chi connectivity index (χ0v) is 6.95. The van der Waals surface area contributed by atoms with Gasteiger partial charge in [0, 0.05) is 5.41 Å². The second-order valence-electron chi connectivity index (χ2n) is 2.98. The lowest BCUT2D eigenvalue weighted by Crippen LogP contribution is -2.36. The van der Waals surface area contributed by atoms with Crippen LogP contribution in [0.4, 0.5) is 4.79 Å². The van der Waals surface area contributed by atoms with Gasteiger partial charge in [-0.15, -0.1) is 0 Å². The zero-order valence-electron chi connectivity index (χ0n) is 6.19. The van der Waals surface area contributed by atoms with E-state index < -0.39 is 10.8 Å². The fraction of sp³-hybridized carbons (Fsp3) is 0.667. The molecule has 0 atom stereocenters. The van der Waals surface area contributed by atoms with Crippen LogP contribution in [-0.4, -0.2) is 11.3 Å². The first kappa shape index (κ1) is 9.43. The Morgan fingerprint density at radius 1 is 1.30 bits per heavy atom. The van der Waals surface area contributed by atoms with Crippen molar-refractivity contribution in [2.45, 2.75) is 20.8 Å². The topological polar surface area (TPSA) is 46.2 Å². The molecule has 0 aliphatic heterocycles. The molecule has 0 radical (unpaired) electrons. The van der Waals surface area contributed by atoms with Gasteiger partial charge < -0.3 is 0 Å². The van der Waals surface area contributed by atoms with Crippen LogP contribution in [0.3, 0.4) is 0 Å². The molecule has 0 saturated heterocycles. The maximum absolute atomic E-state index is 10.9. The van der Waals surface area contributed by atoms with E-state index in [0.717, 1.165) is 0 Å². The highest BCUT2D eigenvalue weighted by molar-refractivity contribution is 6.64. The van der Waals surface area contributed by atoms with Gasteiger partial charge in [-0.05, 0) is 11.6 Å². The molecule has 1 N–H and O–H groups in total. The van der Waals surface area contributed by atoms with E-state index in [1.165, 1.54) is 0 Å². The third-order valence-electron chi connectivity index (χ3n) is 0.893. The van der Waals surface area contributed by atoms with Crippen molar-refractivity contribution in [2.75, 3.05) is 0 Å². The van der Waals surface area contributed by atoms with Gasteiger partial charge in [-0.2, -0.15) is 0 Å². The third kappa shape index (κ3) is 3.45. The summed E-state index contributed by atoms with van der Waals surface area (Å²) in [5.41, 5.74) is -0.565. The molecule has 10 heavy (non-hydrogen) atoms. The molecule has 0 fully saturated rings. The van der Waals surface area contributed by atoms with Crippen LogP contribution in [0.2, 0.25) is 0 Å². The summed E-state index contributed by atoms with van der Waals surface area (Å²) in [5.74, 6) is -0.368. The van der Waals surface area contributed by atoms with Gasteiger partial charge in [-0.25, -0.2) is 0 Å². The molecule has 0 rings (SSSR count). The van der Waals surface area contributed by atoms with Gasteiger partial charge in [-0.3, -0.25) is 14.9 Å². The minimum absolute atomic E-state index is 0.368. The Kier molecular flexibility index (Phi) is 2.84. The predicted octanol–water partition coefficient (Wildman–Crippen LogP) is 1.51. The molecule has 58 valence electrons. The van der Waals surface area contributed by atoms with Crippen molar-refractivity contribution in [1.82, 2.24) is 5.32 Å². The molecule has 0 spiro atoms. The summed E-state index contributed by atoms with van der Waals surface area (Å²) in [4.78, 5) is 21.0. The summed E-state index contributed by atoms with van der Waals surface area (Å²) in [5, 5.41) is 1.14. The van der Waals surface area contributed by atoms with Crippen molar-refractivity contribution in [2.24, 2.45) is 5.41 Å². The van der Waals surface area contributed by atoms with Crippen LogP contribution in [0.1, 0.15) is 20.8 Å². The van der Waals surface area contributed by atoms with Gasteiger partial charge in [-0.1, -0.05) is 20.8 Å². The van der Waals surface area contributed by atoms with Gasteiger partial charge in [0.2, 0.25) is 5.91 Å². The highest BCUT2D eigenvalue weighted by Crippen LogP contribution is 2.12. The normalized spacial score (nSPS) is 10.8. The monoisotopic (exact) mass is 163 g/mol. The molecule has 0 aromatic rings. The van der Waals surface area contributed by atoms with Gasteiger partial charge >= 0.3 is 5.37 Å². The first-order valence-corrected chi connectivity index (χ1v) is 3.23. The van der Waals surface area contributed by atoms with Crippen molar-refractivity contribution < 1.29 is 9.59 Å². The number of nitrogens with one attached hydrogen (secondary N) is 1. The van der Waals surface area contributed by atoms with Crippen LogP contribution < -0.4 is 5.32 Å². The van der Waals surface area contributed by atoms with Gasteiger partial charge in [0.15, 0.2) is 0 Å². The number of rotatable bonds is 0. The van der Waals surface area contributed by atoms with Crippen LogP contribution in [-0.2, 0) is 4.79 Å². The summed E-state index contributed by atoms with van der Waals surface area (Å²) < 4.78 is 0. The summed E-state index contributed by atoms with van der Waals surface area (Å²) in [6.45, 7) is 5.09. The van der Waals surface area contributed by atoms with Gasteiger partial charge in [0.25, 0.3) is 0 Å². The predicted molar refractivity (Wildman–Crippen MR) is 38.8 cm³/mol. The van der Waals surface area contributed by atoms with Crippen molar-refractivity contribution in [1.29, 1.82) is 0 Å². The minimum Gasteiger partial charge on any atom is -0.282 e. The molecule has 4 heteroatoms. The first-order chi connectivity index (χ1) is 4.34. The fourth-order valence-electron chi connectivity index (χ4n) is 0.277. The zero-order chi connectivity index (χ0) is 8.36. The maximum Gasteiger partial charge on any atom is 0.320 e. The number of carbonyl (C=O) groups excluding carboxylic acids is 2. The Labute approximate surface area is 64.7 Å². The molecule has 0 aromatic heterocycles. The number of amides is 2. The van der Waals surface area contributed by atoms with E-state index in [1.807, 2.05) is 5.32 Å². The molecule has 0 aliphatic carbocycles. The van der Waals surface area contributed by atoms with E-state index in [-0.39, 0.29) is 5.91 Å². The number of imide groups is 1. The highest BCUT2D eigenvalue weighted by Gasteiger charge is 2.22. The Morgan fingerprint density at radius 3 is 1.80 bits per heavy atom. The van der Waals surface area contributed by atoms with Crippen LogP contribution in [0.5, 0.6) is 0 Å². The minimum atomic E-state index is -0.833. The van der Waals surface area contributed by atoms with Gasteiger partial charge in [0.05, 0.1) is 0 Å². The largest absolute Gasteiger partial charge is 0.320 e. The lowest BCUT2D eigenvalue weighted by molar-refractivity contribution is -0.127. The van der Waals surface area contributed by atoms with Crippen molar-refractivity contribution in [3.05, 3.63) is 0 Å². The quantitative estimate of drug-likeness (QED) is 0.435. The van der Waals surface area contributed by atoms with Crippen LogP contribution >= 0.6 is 11.6 Å². The number of hydrogen-bond acceptors (Lipinski definition) is 2. The van der Waals surface area contributed by atoms with E-state index in [9.17, 15) is 9.59 Å². The van der Waals surface area contributed by atoms with E-state index in [1.54, 1.807) is 20.8 Å². The summed E-state index contributed by atoms with van der Waals surface area (Å²) in [7, 11) is 0. The summed E-state index contributed by atoms with van der Waals surface area (Å²) >= 11 is 4.91. The molecule has 3 nitrogen and oxygen atoms in total. The second kappa shape index (κ2) is 3.01. The number of carbonyl (C=O) groups is 2. The Hall–Kier alpha value is -0.570. The van der Waals surface area contributed by atoms with Gasteiger partial charge in [0.1, 0.15) is 0 Å². The SMILES string of the molecule is CC(C)(C)C(=O)NC(=O)Cl. The molecule has 0 aliphatic rings.